The minimum absolute atomic E-state index is 0.309. The van der Waals surface area contributed by atoms with Crippen molar-refractivity contribution in [2.75, 3.05) is 6.61 Å². The van der Waals surface area contributed by atoms with Gasteiger partial charge in [0.2, 0.25) is 0 Å². The molecule has 110 valence electrons. The van der Waals surface area contributed by atoms with Crippen molar-refractivity contribution in [2.24, 2.45) is 5.16 Å². The summed E-state index contributed by atoms with van der Waals surface area (Å²) in [5, 5.41) is 14.8. The summed E-state index contributed by atoms with van der Waals surface area (Å²) in [7, 11) is 0. The summed E-state index contributed by atoms with van der Waals surface area (Å²) in [6.07, 6.45) is 1.87. The molecule has 0 bridgehead atoms. The molecule has 0 fully saturated rings. The van der Waals surface area contributed by atoms with Crippen LogP contribution in [0.4, 0.5) is 0 Å². The van der Waals surface area contributed by atoms with Gasteiger partial charge in [-0.05, 0) is 32.8 Å². The lowest BCUT2D eigenvalue weighted by Crippen LogP contribution is -2.52. The number of hydrogen-bond donors (Lipinski definition) is 2. The van der Waals surface area contributed by atoms with Gasteiger partial charge < -0.3 is 9.94 Å². The predicted octanol–water partition coefficient (Wildman–Crippen LogP) is 1.99. The van der Waals surface area contributed by atoms with Crippen LogP contribution in [-0.2, 0) is 16.0 Å². The maximum Gasteiger partial charge on any atom is 0.323 e. The molecule has 0 heterocycles. The zero-order valence-electron chi connectivity index (χ0n) is 12.2. The summed E-state index contributed by atoms with van der Waals surface area (Å²) in [4.78, 5) is 12.0. The van der Waals surface area contributed by atoms with Crippen molar-refractivity contribution in [1.82, 2.24) is 5.32 Å². The minimum atomic E-state index is -0.610. The molecule has 0 saturated heterocycles. The third-order valence-electron chi connectivity index (χ3n) is 2.78. The fourth-order valence-corrected chi connectivity index (χ4v) is 1.92. The Morgan fingerprint density at radius 2 is 2.10 bits per heavy atom. The van der Waals surface area contributed by atoms with Crippen LogP contribution in [0.15, 0.2) is 35.5 Å². The molecule has 1 aromatic carbocycles. The van der Waals surface area contributed by atoms with Crippen LogP contribution in [0.3, 0.4) is 0 Å². The summed E-state index contributed by atoms with van der Waals surface area (Å²) in [5.74, 6) is -0.309. The quantitative estimate of drug-likeness (QED) is 0.346. The predicted molar refractivity (Wildman–Crippen MR) is 78.1 cm³/mol. The lowest BCUT2D eigenvalue weighted by Gasteiger charge is -2.27. The first kappa shape index (κ1) is 16.2. The number of nitrogens with zero attached hydrogens (tertiary/aromatic N) is 1. The molecule has 5 nitrogen and oxygen atoms in total. The van der Waals surface area contributed by atoms with Crippen LogP contribution in [0, 0.1) is 0 Å². The Morgan fingerprint density at radius 3 is 2.65 bits per heavy atom. The Balaban J connectivity index is 2.83. The molecular weight excluding hydrogens is 256 g/mol. The second-order valence-electron chi connectivity index (χ2n) is 5.10. The van der Waals surface area contributed by atoms with Crippen molar-refractivity contribution in [3.63, 3.8) is 0 Å². The van der Waals surface area contributed by atoms with Crippen LogP contribution < -0.4 is 5.32 Å². The second kappa shape index (κ2) is 7.65. The van der Waals surface area contributed by atoms with Gasteiger partial charge in [-0.15, -0.1) is 5.16 Å². The number of benzene rings is 1. The molecule has 20 heavy (non-hydrogen) atoms. The molecule has 1 unspecified atom stereocenters. The van der Waals surface area contributed by atoms with E-state index in [2.05, 4.69) is 10.5 Å². The van der Waals surface area contributed by atoms with Crippen molar-refractivity contribution < 1.29 is 14.7 Å². The van der Waals surface area contributed by atoms with Gasteiger partial charge in [-0.2, -0.15) is 0 Å². The first-order chi connectivity index (χ1) is 9.48. The van der Waals surface area contributed by atoms with Crippen molar-refractivity contribution in [2.45, 2.75) is 38.8 Å². The highest BCUT2D eigenvalue weighted by Gasteiger charge is 2.27. The number of esters is 1. The monoisotopic (exact) mass is 278 g/mol. The Morgan fingerprint density at radius 1 is 1.45 bits per heavy atom. The standard InChI is InChI=1S/C15H22N2O3/c1-4-20-14(18)13(17-15(2,3)11-16-19)10-12-8-6-5-7-9-12/h5-9,11,13,17,19H,4,10H2,1-3H3/b16-11+. The van der Waals surface area contributed by atoms with Crippen molar-refractivity contribution in [3.8, 4) is 0 Å². The van der Waals surface area contributed by atoms with E-state index in [1.807, 2.05) is 44.2 Å². The van der Waals surface area contributed by atoms with Gasteiger partial charge >= 0.3 is 5.97 Å². The molecule has 0 aliphatic rings. The summed E-state index contributed by atoms with van der Waals surface area (Å²) < 4.78 is 5.09. The van der Waals surface area contributed by atoms with Crippen LogP contribution in [0.1, 0.15) is 26.3 Å². The molecule has 1 atom stereocenters. The Labute approximate surface area is 119 Å². The van der Waals surface area contributed by atoms with Gasteiger partial charge in [0, 0.05) is 0 Å². The third-order valence-corrected chi connectivity index (χ3v) is 2.78. The summed E-state index contributed by atoms with van der Waals surface area (Å²) in [5.41, 5.74) is 0.427. The van der Waals surface area contributed by atoms with E-state index in [0.717, 1.165) is 5.56 Å². The highest BCUT2D eigenvalue weighted by molar-refractivity contribution is 5.78. The number of oxime groups is 1. The number of hydrogen-bond acceptors (Lipinski definition) is 5. The van der Waals surface area contributed by atoms with E-state index >= 15 is 0 Å². The molecule has 0 aliphatic heterocycles. The number of rotatable bonds is 7. The van der Waals surface area contributed by atoms with Gasteiger partial charge in [0.15, 0.2) is 0 Å². The first-order valence-corrected chi connectivity index (χ1v) is 6.65. The van der Waals surface area contributed by atoms with Crippen LogP contribution in [-0.4, -0.2) is 35.6 Å². The van der Waals surface area contributed by atoms with E-state index in [4.69, 9.17) is 9.94 Å². The van der Waals surface area contributed by atoms with E-state index in [0.29, 0.717) is 13.0 Å². The maximum absolute atomic E-state index is 12.0. The molecule has 0 radical (unpaired) electrons. The lowest BCUT2D eigenvalue weighted by atomic mass is 10.0. The smallest absolute Gasteiger partial charge is 0.323 e. The zero-order chi connectivity index (χ0) is 15.0. The molecule has 0 spiro atoms. The molecular formula is C15H22N2O3. The third kappa shape index (κ3) is 5.40. The average molecular weight is 278 g/mol. The van der Waals surface area contributed by atoms with Gasteiger partial charge in [0.25, 0.3) is 0 Å². The van der Waals surface area contributed by atoms with E-state index in [-0.39, 0.29) is 5.97 Å². The summed E-state index contributed by atoms with van der Waals surface area (Å²) >= 11 is 0. The normalized spacial score (nSPS) is 13.3. The van der Waals surface area contributed by atoms with Crippen molar-refractivity contribution in [3.05, 3.63) is 35.9 Å². The molecule has 5 heteroatoms. The van der Waals surface area contributed by atoms with Crippen molar-refractivity contribution >= 4 is 12.2 Å². The van der Waals surface area contributed by atoms with Crippen LogP contribution in [0.5, 0.6) is 0 Å². The Hall–Kier alpha value is -1.88. The van der Waals surface area contributed by atoms with Crippen LogP contribution >= 0.6 is 0 Å². The fourth-order valence-electron chi connectivity index (χ4n) is 1.92. The minimum Gasteiger partial charge on any atom is -0.465 e. The fraction of sp³-hybridized carbons (Fsp3) is 0.467. The number of ether oxygens (including phenoxy) is 1. The largest absolute Gasteiger partial charge is 0.465 e. The van der Waals surface area contributed by atoms with E-state index < -0.39 is 11.6 Å². The SMILES string of the molecule is CCOC(=O)C(Cc1ccccc1)NC(C)(C)/C=N/O. The molecule has 0 aromatic heterocycles. The Kier molecular flexibility index (Phi) is 6.18. The van der Waals surface area contributed by atoms with E-state index in [1.165, 1.54) is 6.21 Å². The Bertz CT molecular complexity index is 444. The second-order valence-corrected chi connectivity index (χ2v) is 5.10. The molecule has 0 saturated carbocycles. The number of carbonyl (C=O) groups is 1. The van der Waals surface area contributed by atoms with E-state index in [1.54, 1.807) is 6.92 Å². The van der Waals surface area contributed by atoms with Crippen LogP contribution in [0.25, 0.3) is 0 Å². The van der Waals surface area contributed by atoms with Gasteiger partial charge in [0.1, 0.15) is 6.04 Å². The first-order valence-electron chi connectivity index (χ1n) is 6.65. The summed E-state index contributed by atoms with van der Waals surface area (Å²) in [6, 6.07) is 9.21. The average Bonchev–Trinajstić information content (AvgIpc) is 2.39. The van der Waals surface area contributed by atoms with Gasteiger partial charge in [0.05, 0.1) is 18.4 Å². The number of carbonyl (C=O) groups excluding carboxylic acids is 1. The lowest BCUT2D eigenvalue weighted by molar-refractivity contribution is -0.146. The van der Waals surface area contributed by atoms with Crippen molar-refractivity contribution in [1.29, 1.82) is 0 Å². The van der Waals surface area contributed by atoms with Gasteiger partial charge in [-0.25, -0.2) is 0 Å². The summed E-state index contributed by atoms with van der Waals surface area (Å²) in [6.45, 7) is 5.76. The molecule has 1 rings (SSSR count). The van der Waals surface area contributed by atoms with Gasteiger partial charge in [-0.3, -0.25) is 10.1 Å². The molecule has 1 aromatic rings. The number of nitrogens with one attached hydrogen (secondary N) is 1. The highest BCUT2D eigenvalue weighted by Crippen LogP contribution is 2.09. The van der Waals surface area contributed by atoms with E-state index in [9.17, 15) is 4.79 Å². The van der Waals surface area contributed by atoms with Gasteiger partial charge in [-0.1, -0.05) is 30.3 Å². The van der Waals surface area contributed by atoms with Crippen LogP contribution in [0.2, 0.25) is 0 Å². The molecule has 0 amide bonds. The highest BCUT2D eigenvalue weighted by atomic mass is 16.5. The topological polar surface area (TPSA) is 70.9 Å². The maximum atomic E-state index is 12.0. The zero-order valence-corrected chi connectivity index (χ0v) is 12.2. The molecule has 2 N–H and O–H groups in total. The molecule has 0 aliphatic carbocycles.